The number of piperidine rings is 1. The van der Waals surface area contributed by atoms with Crippen molar-refractivity contribution in [2.45, 2.75) is 12.8 Å². The molecular weight excluding hydrogens is 458 g/mol. The molecule has 3 aromatic rings. The number of carbonyl (C=O) groups is 2. The fraction of sp³-hybridized carbons (Fsp3) is 0.250. The molecule has 1 aliphatic heterocycles. The Morgan fingerprint density at radius 1 is 1.18 bits per heavy atom. The van der Waals surface area contributed by atoms with Gasteiger partial charge in [0.2, 0.25) is 5.91 Å². The molecule has 1 N–H and O–H groups in total. The molecule has 144 valence electrons. The minimum Gasteiger partial charge on any atom is -0.336 e. The Bertz CT molecular complexity index is 986. The third-order valence-corrected chi connectivity index (χ3v) is 7.32. The van der Waals surface area contributed by atoms with E-state index in [9.17, 15) is 9.59 Å². The highest BCUT2D eigenvalue weighted by molar-refractivity contribution is 9.10. The summed E-state index contributed by atoms with van der Waals surface area (Å²) in [5.41, 5.74) is 1.23. The van der Waals surface area contributed by atoms with E-state index in [0.29, 0.717) is 18.8 Å². The van der Waals surface area contributed by atoms with Crippen molar-refractivity contribution in [3.05, 3.63) is 57.3 Å². The fourth-order valence-corrected chi connectivity index (χ4v) is 5.52. The summed E-state index contributed by atoms with van der Waals surface area (Å²) in [6, 6.07) is 11.4. The van der Waals surface area contributed by atoms with Crippen LogP contribution in [-0.2, 0) is 4.79 Å². The van der Waals surface area contributed by atoms with Crippen LogP contribution in [0.5, 0.6) is 0 Å². The summed E-state index contributed by atoms with van der Waals surface area (Å²) >= 11 is 6.51. The Kier molecular flexibility index (Phi) is 5.89. The molecule has 2 aromatic heterocycles. The monoisotopic (exact) mass is 475 g/mol. The smallest absolute Gasteiger partial charge is 0.273 e. The molecule has 0 aliphatic carbocycles. The Hall–Kier alpha value is -2.03. The molecule has 0 radical (unpaired) electrons. The third-order valence-electron chi connectivity index (χ3n) is 4.62. The molecule has 0 spiro atoms. The zero-order chi connectivity index (χ0) is 19.5. The van der Waals surface area contributed by atoms with E-state index in [-0.39, 0.29) is 17.7 Å². The zero-order valence-corrected chi connectivity index (χ0v) is 18.1. The quantitative estimate of drug-likeness (QED) is 0.568. The molecule has 1 aromatic carbocycles. The molecule has 2 amide bonds. The summed E-state index contributed by atoms with van der Waals surface area (Å²) in [4.78, 5) is 32.8. The van der Waals surface area contributed by atoms with Gasteiger partial charge in [-0.15, -0.1) is 22.7 Å². The van der Waals surface area contributed by atoms with E-state index in [1.807, 2.05) is 41.8 Å². The van der Waals surface area contributed by atoms with E-state index in [2.05, 4.69) is 26.2 Å². The summed E-state index contributed by atoms with van der Waals surface area (Å²) in [6.45, 7) is 1.08. The highest BCUT2D eigenvalue weighted by Crippen LogP contribution is 2.32. The molecule has 1 atom stereocenters. The van der Waals surface area contributed by atoms with E-state index in [1.165, 1.54) is 11.3 Å². The lowest BCUT2D eigenvalue weighted by molar-refractivity contribution is -0.121. The number of nitrogens with zero attached hydrogens (tertiary/aromatic N) is 2. The topological polar surface area (TPSA) is 62.3 Å². The average Bonchev–Trinajstić information content (AvgIpc) is 3.37. The number of hydrogen-bond acceptors (Lipinski definition) is 5. The SMILES string of the molecule is O=C(Nc1ccccc1)C1CCCN(C(=O)c2csc(-c3cc(Br)cs3)n2)C1. The van der Waals surface area contributed by atoms with Crippen molar-refractivity contribution in [3.63, 3.8) is 0 Å². The molecule has 1 fully saturated rings. The van der Waals surface area contributed by atoms with E-state index >= 15 is 0 Å². The van der Waals surface area contributed by atoms with Crippen LogP contribution in [0, 0.1) is 5.92 Å². The lowest BCUT2D eigenvalue weighted by Crippen LogP contribution is -2.43. The number of thiazole rings is 1. The Morgan fingerprint density at radius 2 is 2.00 bits per heavy atom. The first-order chi connectivity index (χ1) is 13.6. The van der Waals surface area contributed by atoms with E-state index < -0.39 is 0 Å². The average molecular weight is 476 g/mol. The largest absolute Gasteiger partial charge is 0.336 e. The van der Waals surface area contributed by atoms with Gasteiger partial charge < -0.3 is 10.2 Å². The molecule has 4 rings (SSSR count). The molecule has 1 unspecified atom stereocenters. The summed E-state index contributed by atoms with van der Waals surface area (Å²) in [5, 5.41) is 7.59. The van der Waals surface area contributed by atoms with Crippen LogP contribution in [0.2, 0.25) is 0 Å². The maximum Gasteiger partial charge on any atom is 0.273 e. The van der Waals surface area contributed by atoms with Crippen LogP contribution in [0.3, 0.4) is 0 Å². The number of hydrogen-bond donors (Lipinski definition) is 1. The molecule has 5 nitrogen and oxygen atoms in total. The highest BCUT2D eigenvalue weighted by atomic mass is 79.9. The highest BCUT2D eigenvalue weighted by Gasteiger charge is 2.30. The molecule has 28 heavy (non-hydrogen) atoms. The first kappa shape index (κ1) is 19.3. The van der Waals surface area contributed by atoms with Crippen LogP contribution >= 0.6 is 38.6 Å². The normalized spacial score (nSPS) is 16.8. The number of carbonyl (C=O) groups excluding carboxylic acids is 2. The maximum absolute atomic E-state index is 12.9. The first-order valence-electron chi connectivity index (χ1n) is 8.95. The molecule has 0 saturated carbocycles. The second-order valence-corrected chi connectivity index (χ2v) is 9.30. The molecule has 1 saturated heterocycles. The first-order valence-corrected chi connectivity index (χ1v) is 11.5. The number of likely N-dealkylation sites (tertiary alicyclic amines) is 1. The molecule has 3 heterocycles. The summed E-state index contributed by atoms with van der Waals surface area (Å²) in [7, 11) is 0. The van der Waals surface area contributed by atoms with Crippen LogP contribution in [-0.4, -0.2) is 34.8 Å². The third kappa shape index (κ3) is 4.34. The van der Waals surface area contributed by atoms with Crippen LogP contribution in [0.25, 0.3) is 9.88 Å². The number of aromatic nitrogens is 1. The molecular formula is C20H18BrN3O2S2. The minimum absolute atomic E-state index is 0.0360. The van der Waals surface area contributed by atoms with Gasteiger partial charge in [-0.2, -0.15) is 0 Å². The van der Waals surface area contributed by atoms with E-state index in [1.54, 1.807) is 21.6 Å². The lowest BCUT2D eigenvalue weighted by Gasteiger charge is -2.31. The number of rotatable bonds is 4. The summed E-state index contributed by atoms with van der Waals surface area (Å²) in [5.74, 6) is -0.342. The standard InChI is InChI=1S/C20H18BrN3O2S2/c21-14-9-17(27-11-14)19-23-16(12-28-19)20(26)24-8-4-5-13(10-24)18(25)22-15-6-2-1-3-7-15/h1-3,6-7,9,11-13H,4-5,8,10H2,(H,22,25). The maximum atomic E-state index is 12.9. The van der Waals surface area contributed by atoms with Gasteiger partial charge in [-0.25, -0.2) is 4.98 Å². The Balaban J connectivity index is 1.42. The van der Waals surface area contributed by atoms with Gasteiger partial charge in [0.05, 0.1) is 10.8 Å². The van der Waals surface area contributed by atoms with Crippen molar-refractivity contribution < 1.29 is 9.59 Å². The van der Waals surface area contributed by atoms with Gasteiger partial charge in [-0.1, -0.05) is 18.2 Å². The predicted octanol–water partition coefficient (Wildman–Crippen LogP) is 5.13. The van der Waals surface area contributed by atoms with E-state index in [4.69, 9.17) is 0 Å². The predicted molar refractivity (Wildman–Crippen MR) is 117 cm³/mol. The Morgan fingerprint density at radius 3 is 2.75 bits per heavy atom. The fourth-order valence-electron chi connectivity index (χ4n) is 3.21. The summed E-state index contributed by atoms with van der Waals surface area (Å²) < 4.78 is 1.01. The van der Waals surface area contributed by atoms with Gasteiger partial charge in [0.1, 0.15) is 10.7 Å². The minimum atomic E-state index is -0.204. The van der Waals surface area contributed by atoms with Crippen LogP contribution in [0.1, 0.15) is 23.3 Å². The number of para-hydroxylation sites is 1. The zero-order valence-electron chi connectivity index (χ0n) is 14.9. The number of nitrogens with one attached hydrogen (secondary N) is 1. The lowest BCUT2D eigenvalue weighted by atomic mass is 9.96. The number of halogens is 1. The van der Waals surface area contributed by atoms with Gasteiger partial charge in [0.25, 0.3) is 5.91 Å². The van der Waals surface area contributed by atoms with Crippen molar-refractivity contribution in [3.8, 4) is 9.88 Å². The van der Waals surface area contributed by atoms with Gasteiger partial charge in [-0.05, 0) is 47.0 Å². The number of anilines is 1. The number of amides is 2. The second kappa shape index (κ2) is 8.55. The van der Waals surface area contributed by atoms with Gasteiger partial charge >= 0.3 is 0 Å². The van der Waals surface area contributed by atoms with Crippen LogP contribution < -0.4 is 5.32 Å². The van der Waals surface area contributed by atoms with Crippen molar-refractivity contribution >= 4 is 56.1 Å². The van der Waals surface area contributed by atoms with Crippen molar-refractivity contribution in [2.24, 2.45) is 5.92 Å². The van der Waals surface area contributed by atoms with Gasteiger partial charge in [0.15, 0.2) is 0 Å². The van der Waals surface area contributed by atoms with Crippen LogP contribution in [0.15, 0.2) is 51.6 Å². The van der Waals surface area contributed by atoms with Crippen molar-refractivity contribution in [1.82, 2.24) is 9.88 Å². The van der Waals surface area contributed by atoms with Gasteiger partial charge in [-0.3, -0.25) is 9.59 Å². The molecule has 0 bridgehead atoms. The summed E-state index contributed by atoms with van der Waals surface area (Å²) in [6.07, 6.45) is 1.60. The molecule has 1 aliphatic rings. The van der Waals surface area contributed by atoms with Crippen molar-refractivity contribution in [2.75, 3.05) is 18.4 Å². The number of thiophene rings is 1. The van der Waals surface area contributed by atoms with Crippen LogP contribution in [0.4, 0.5) is 5.69 Å². The Labute approximate surface area is 179 Å². The molecule has 8 heteroatoms. The number of benzene rings is 1. The van der Waals surface area contributed by atoms with Gasteiger partial charge in [0, 0.05) is 34.0 Å². The van der Waals surface area contributed by atoms with E-state index in [0.717, 1.165) is 32.9 Å². The van der Waals surface area contributed by atoms with Crippen molar-refractivity contribution in [1.29, 1.82) is 0 Å². The second-order valence-electron chi connectivity index (χ2n) is 6.61.